The SMILES string of the molecule is OCC(O)CO.[O]. The number of hydrogen-bond donors (Lipinski definition) is 3. The molecule has 0 heterocycles. The number of aliphatic hydroxyl groups is 3. The van der Waals surface area contributed by atoms with Gasteiger partial charge in [0.05, 0.1) is 13.2 Å². The van der Waals surface area contributed by atoms with Gasteiger partial charge < -0.3 is 15.3 Å². The molecule has 0 unspecified atom stereocenters. The maximum Gasteiger partial charge on any atom is 0.100 e. The van der Waals surface area contributed by atoms with E-state index in [4.69, 9.17) is 15.3 Å². The first-order valence-corrected chi connectivity index (χ1v) is 1.71. The van der Waals surface area contributed by atoms with Gasteiger partial charge in [0.2, 0.25) is 0 Å². The van der Waals surface area contributed by atoms with Gasteiger partial charge in [-0.1, -0.05) is 0 Å². The maximum atomic E-state index is 8.17. The van der Waals surface area contributed by atoms with Crippen LogP contribution < -0.4 is 0 Å². The summed E-state index contributed by atoms with van der Waals surface area (Å²) in [5.74, 6) is 0. The van der Waals surface area contributed by atoms with Crippen molar-refractivity contribution in [2.24, 2.45) is 0 Å². The monoisotopic (exact) mass is 108 g/mol. The molecule has 0 saturated heterocycles. The summed E-state index contributed by atoms with van der Waals surface area (Å²) in [6.45, 7) is -0.729. The van der Waals surface area contributed by atoms with Crippen molar-refractivity contribution in [1.82, 2.24) is 0 Å². The van der Waals surface area contributed by atoms with Crippen LogP contribution in [0.15, 0.2) is 0 Å². The van der Waals surface area contributed by atoms with E-state index in [1.165, 1.54) is 0 Å². The second kappa shape index (κ2) is 5.84. The smallest absolute Gasteiger partial charge is 0.100 e. The fourth-order valence-corrected chi connectivity index (χ4v) is 0.0577. The van der Waals surface area contributed by atoms with Gasteiger partial charge >= 0.3 is 0 Å². The van der Waals surface area contributed by atoms with Crippen LogP contribution >= 0.6 is 0 Å². The van der Waals surface area contributed by atoms with Crippen LogP contribution in [0.5, 0.6) is 0 Å². The normalized spacial score (nSPS) is 8.57. The molecule has 0 atom stereocenters. The van der Waals surface area contributed by atoms with Crippen LogP contribution in [0.4, 0.5) is 0 Å². The van der Waals surface area contributed by atoms with Crippen LogP contribution in [0, 0.1) is 0 Å². The van der Waals surface area contributed by atoms with Crippen LogP contribution in [-0.2, 0) is 5.48 Å². The lowest BCUT2D eigenvalue weighted by Crippen LogP contribution is -2.15. The Morgan fingerprint density at radius 3 is 1.43 bits per heavy atom. The Morgan fingerprint density at radius 1 is 1.14 bits per heavy atom. The van der Waals surface area contributed by atoms with Crippen molar-refractivity contribution in [3.8, 4) is 0 Å². The van der Waals surface area contributed by atoms with E-state index in [2.05, 4.69) is 0 Å². The van der Waals surface area contributed by atoms with Gasteiger partial charge in [0.1, 0.15) is 6.10 Å². The molecule has 0 aromatic rings. The summed E-state index contributed by atoms with van der Waals surface area (Å²) in [4.78, 5) is 0. The van der Waals surface area contributed by atoms with Gasteiger partial charge in [0.15, 0.2) is 0 Å². The van der Waals surface area contributed by atoms with E-state index in [0.29, 0.717) is 0 Å². The minimum Gasteiger partial charge on any atom is -0.394 e. The van der Waals surface area contributed by atoms with E-state index in [-0.39, 0.29) is 18.7 Å². The molecule has 0 spiro atoms. The van der Waals surface area contributed by atoms with Crippen LogP contribution in [0.3, 0.4) is 0 Å². The predicted octanol–water partition coefficient (Wildman–Crippen LogP) is -1.79. The predicted molar refractivity (Wildman–Crippen MR) is 20.9 cm³/mol. The Hall–Kier alpha value is -0.160. The molecule has 0 fully saturated rings. The molecule has 0 aliphatic rings. The molecule has 0 saturated carbocycles. The lowest BCUT2D eigenvalue weighted by molar-refractivity contribution is 0.0450. The van der Waals surface area contributed by atoms with Crippen molar-refractivity contribution < 1.29 is 20.8 Å². The second-order valence-corrected chi connectivity index (χ2v) is 1.02. The van der Waals surface area contributed by atoms with E-state index in [9.17, 15) is 0 Å². The average Bonchev–Trinajstić information content (AvgIpc) is 1.65. The standard InChI is InChI=1S/C3H8O3.O/c4-1-3(6)2-5;/h3-6H,1-2H2;. The van der Waals surface area contributed by atoms with Crippen LogP contribution in [0.2, 0.25) is 0 Å². The summed E-state index contributed by atoms with van der Waals surface area (Å²) < 4.78 is 0. The Bertz CT molecular complexity index is 26.1. The molecule has 0 aromatic carbocycles. The second-order valence-electron chi connectivity index (χ2n) is 1.02. The van der Waals surface area contributed by atoms with E-state index < -0.39 is 6.10 Å². The van der Waals surface area contributed by atoms with Crippen LogP contribution in [-0.4, -0.2) is 34.6 Å². The van der Waals surface area contributed by atoms with Gasteiger partial charge in [0, 0.05) is 5.48 Å². The molecule has 4 nitrogen and oxygen atoms in total. The lowest BCUT2D eigenvalue weighted by atomic mass is 10.4. The molecular weight excluding hydrogens is 100 g/mol. The minimum atomic E-state index is -0.954. The first kappa shape index (κ1) is 9.96. The van der Waals surface area contributed by atoms with E-state index in [1.807, 2.05) is 0 Å². The Labute approximate surface area is 41.3 Å². The van der Waals surface area contributed by atoms with Crippen molar-refractivity contribution >= 4 is 0 Å². The summed E-state index contributed by atoms with van der Waals surface area (Å²) in [5, 5.41) is 24.0. The third-order valence-corrected chi connectivity index (χ3v) is 0.421. The van der Waals surface area contributed by atoms with Crippen molar-refractivity contribution in [2.75, 3.05) is 13.2 Å². The van der Waals surface area contributed by atoms with Gasteiger partial charge in [-0.3, -0.25) is 0 Å². The van der Waals surface area contributed by atoms with Crippen LogP contribution in [0.1, 0.15) is 0 Å². The summed E-state index contributed by atoms with van der Waals surface area (Å²) in [6.07, 6.45) is -0.954. The maximum absolute atomic E-state index is 8.17. The molecule has 0 rings (SSSR count). The lowest BCUT2D eigenvalue weighted by Gasteiger charge is -1.96. The highest BCUT2D eigenvalue weighted by Crippen LogP contribution is 1.71. The highest BCUT2D eigenvalue weighted by atomic mass is 16.3. The quantitative estimate of drug-likeness (QED) is 0.390. The number of aliphatic hydroxyl groups excluding tert-OH is 3. The van der Waals surface area contributed by atoms with Crippen molar-refractivity contribution in [2.45, 2.75) is 6.10 Å². The summed E-state index contributed by atoms with van der Waals surface area (Å²) in [6, 6.07) is 0. The first-order valence-electron chi connectivity index (χ1n) is 1.71. The molecule has 7 heavy (non-hydrogen) atoms. The minimum absolute atomic E-state index is 0. The van der Waals surface area contributed by atoms with E-state index >= 15 is 0 Å². The fourth-order valence-electron chi connectivity index (χ4n) is 0.0577. The molecule has 0 aliphatic heterocycles. The highest BCUT2D eigenvalue weighted by molar-refractivity contribution is 4.43. The van der Waals surface area contributed by atoms with Crippen molar-refractivity contribution in [3.05, 3.63) is 0 Å². The van der Waals surface area contributed by atoms with E-state index in [1.54, 1.807) is 0 Å². The van der Waals surface area contributed by atoms with Gasteiger partial charge in [0.25, 0.3) is 0 Å². The van der Waals surface area contributed by atoms with Crippen LogP contribution in [0.25, 0.3) is 0 Å². The van der Waals surface area contributed by atoms with E-state index in [0.717, 1.165) is 0 Å². The third kappa shape index (κ3) is 5.84. The van der Waals surface area contributed by atoms with Gasteiger partial charge in [-0.25, -0.2) is 0 Å². The molecule has 0 aromatic heterocycles. The molecule has 0 amide bonds. The molecular formula is C3H8O4. The topological polar surface area (TPSA) is 89.2 Å². The highest BCUT2D eigenvalue weighted by Gasteiger charge is 1.93. The van der Waals surface area contributed by atoms with Gasteiger partial charge in [-0.15, -0.1) is 0 Å². The first-order chi connectivity index (χ1) is 2.81. The zero-order valence-electron chi connectivity index (χ0n) is 3.74. The zero-order valence-corrected chi connectivity index (χ0v) is 3.74. The fraction of sp³-hybridized carbons (Fsp3) is 1.00. The number of hydrogen-bond acceptors (Lipinski definition) is 3. The van der Waals surface area contributed by atoms with Gasteiger partial charge in [-0.05, 0) is 0 Å². The molecule has 44 valence electrons. The van der Waals surface area contributed by atoms with Gasteiger partial charge in [-0.2, -0.15) is 0 Å². The third-order valence-electron chi connectivity index (χ3n) is 0.421. The zero-order chi connectivity index (χ0) is 4.99. The summed E-state index contributed by atoms with van der Waals surface area (Å²) in [5.41, 5.74) is 0. The van der Waals surface area contributed by atoms with Crippen molar-refractivity contribution in [3.63, 3.8) is 0 Å². The number of rotatable bonds is 2. The molecule has 4 heteroatoms. The largest absolute Gasteiger partial charge is 0.394 e. The average molecular weight is 108 g/mol. The molecule has 2 radical (unpaired) electrons. The molecule has 3 N–H and O–H groups in total. The molecule has 0 bridgehead atoms. The Kier molecular flexibility index (Phi) is 8.31. The Morgan fingerprint density at radius 2 is 1.43 bits per heavy atom. The molecule has 0 aliphatic carbocycles. The summed E-state index contributed by atoms with van der Waals surface area (Å²) >= 11 is 0. The Balaban J connectivity index is 0. The summed E-state index contributed by atoms with van der Waals surface area (Å²) in [7, 11) is 0. The van der Waals surface area contributed by atoms with Crippen molar-refractivity contribution in [1.29, 1.82) is 0 Å².